The number of hydrogen-bond donors (Lipinski definition) is 1. The standard InChI is InChI=1S/C11H18N4S/c1-3-5-6-8-16-11-14-13-10(9-12)15(11)7-4-2/h1H,4-9,12H2,2H3. The fraction of sp³-hybridized carbons (Fsp3) is 0.636. The average Bonchev–Trinajstić information content (AvgIpc) is 2.68. The fourth-order valence-corrected chi connectivity index (χ4v) is 2.28. The van der Waals surface area contributed by atoms with Crippen molar-refractivity contribution in [2.75, 3.05) is 5.75 Å². The van der Waals surface area contributed by atoms with Crippen LogP contribution in [0.25, 0.3) is 0 Å². The van der Waals surface area contributed by atoms with Crippen LogP contribution in [0.5, 0.6) is 0 Å². The minimum atomic E-state index is 0.442. The Bertz CT molecular complexity index is 353. The molecule has 0 bridgehead atoms. The van der Waals surface area contributed by atoms with Crippen LogP contribution in [0.15, 0.2) is 5.16 Å². The van der Waals surface area contributed by atoms with Crippen LogP contribution in [0.2, 0.25) is 0 Å². The van der Waals surface area contributed by atoms with Crippen LogP contribution < -0.4 is 5.73 Å². The number of unbranched alkanes of at least 4 members (excludes halogenated alkanes) is 1. The maximum atomic E-state index is 5.61. The van der Waals surface area contributed by atoms with Gasteiger partial charge in [-0.2, -0.15) is 0 Å². The predicted octanol–water partition coefficient (Wildman–Crippen LogP) is 1.65. The van der Waals surface area contributed by atoms with Gasteiger partial charge in [0.25, 0.3) is 0 Å². The zero-order valence-electron chi connectivity index (χ0n) is 9.65. The molecule has 0 saturated carbocycles. The van der Waals surface area contributed by atoms with Gasteiger partial charge in [0.05, 0.1) is 6.54 Å². The lowest BCUT2D eigenvalue weighted by Crippen LogP contribution is -2.09. The molecule has 1 aromatic heterocycles. The van der Waals surface area contributed by atoms with Crippen LogP contribution in [-0.2, 0) is 13.1 Å². The molecule has 0 radical (unpaired) electrons. The van der Waals surface area contributed by atoms with E-state index in [1.54, 1.807) is 11.8 Å². The van der Waals surface area contributed by atoms with Crippen molar-refractivity contribution in [2.45, 2.75) is 44.4 Å². The van der Waals surface area contributed by atoms with Gasteiger partial charge in [0.1, 0.15) is 5.82 Å². The lowest BCUT2D eigenvalue weighted by molar-refractivity contribution is 0.592. The second-order valence-electron chi connectivity index (χ2n) is 3.41. The monoisotopic (exact) mass is 238 g/mol. The summed E-state index contributed by atoms with van der Waals surface area (Å²) in [4.78, 5) is 0. The third-order valence-corrected chi connectivity index (χ3v) is 3.17. The number of aromatic nitrogens is 3. The zero-order valence-corrected chi connectivity index (χ0v) is 10.5. The Hall–Kier alpha value is -0.990. The molecule has 88 valence electrons. The van der Waals surface area contributed by atoms with Gasteiger partial charge in [-0.3, -0.25) is 0 Å². The van der Waals surface area contributed by atoms with E-state index in [9.17, 15) is 0 Å². The Balaban J connectivity index is 2.57. The van der Waals surface area contributed by atoms with E-state index in [4.69, 9.17) is 12.2 Å². The third-order valence-electron chi connectivity index (χ3n) is 2.12. The van der Waals surface area contributed by atoms with Crippen molar-refractivity contribution in [1.29, 1.82) is 0 Å². The lowest BCUT2D eigenvalue weighted by Gasteiger charge is -2.06. The molecule has 0 saturated heterocycles. The third kappa shape index (κ3) is 3.54. The summed E-state index contributed by atoms with van der Waals surface area (Å²) in [6, 6.07) is 0. The number of nitrogens with zero attached hydrogens (tertiary/aromatic N) is 3. The largest absolute Gasteiger partial charge is 0.324 e. The Morgan fingerprint density at radius 2 is 2.31 bits per heavy atom. The maximum absolute atomic E-state index is 5.61. The summed E-state index contributed by atoms with van der Waals surface area (Å²) < 4.78 is 2.10. The number of nitrogens with two attached hydrogens (primary N) is 1. The van der Waals surface area contributed by atoms with Crippen LogP contribution in [-0.4, -0.2) is 20.5 Å². The van der Waals surface area contributed by atoms with Crippen LogP contribution in [0.4, 0.5) is 0 Å². The highest BCUT2D eigenvalue weighted by molar-refractivity contribution is 7.99. The van der Waals surface area contributed by atoms with E-state index in [2.05, 4.69) is 27.6 Å². The molecule has 0 fully saturated rings. The molecule has 0 aromatic carbocycles. The van der Waals surface area contributed by atoms with Crippen molar-refractivity contribution in [3.05, 3.63) is 5.82 Å². The van der Waals surface area contributed by atoms with Crippen molar-refractivity contribution in [3.63, 3.8) is 0 Å². The first-order valence-electron chi connectivity index (χ1n) is 5.51. The first-order chi connectivity index (χ1) is 7.83. The van der Waals surface area contributed by atoms with E-state index < -0.39 is 0 Å². The summed E-state index contributed by atoms with van der Waals surface area (Å²) in [6.07, 6.45) is 8.09. The van der Waals surface area contributed by atoms with Crippen LogP contribution in [0.3, 0.4) is 0 Å². The molecule has 1 heterocycles. The first-order valence-corrected chi connectivity index (χ1v) is 6.50. The molecule has 0 unspecified atom stereocenters. The summed E-state index contributed by atoms with van der Waals surface area (Å²) in [5.41, 5.74) is 5.61. The topological polar surface area (TPSA) is 56.7 Å². The van der Waals surface area contributed by atoms with Gasteiger partial charge in [-0.25, -0.2) is 0 Å². The normalized spacial score (nSPS) is 10.3. The first kappa shape index (κ1) is 13.1. The van der Waals surface area contributed by atoms with Crippen molar-refractivity contribution in [1.82, 2.24) is 14.8 Å². The molecule has 1 rings (SSSR count). The minimum absolute atomic E-state index is 0.442. The molecule has 0 aliphatic heterocycles. The molecular weight excluding hydrogens is 220 g/mol. The van der Waals surface area contributed by atoms with E-state index in [1.165, 1.54) is 0 Å². The second kappa shape index (κ2) is 7.31. The van der Waals surface area contributed by atoms with Gasteiger partial charge in [-0.05, 0) is 12.8 Å². The zero-order chi connectivity index (χ0) is 11.8. The minimum Gasteiger partial charge on any atom is -0.324 e. The van der Waals surface area contributed by atoms with Crippen molar-refractivity contribution in [3.8, 4) is 12.3 Å². The maximum Gasteiger partial charge on any atom is 0.191 e. The molecule has 16 heavy (non-hydrogen) atoms. The number of rotatable bonds is 7. The number of thioether (sulfide) groups is 1. The average molecular weight is 238 g/mol. The molecule has 0 amide bonds. The van der Waals surface area contributed by atoms with Gasteiger partial charge < -0.3 is 10.3 Å². The van der Waals surface area contributed by atoms with Gasteiger partial charge in [0, 0.05) is 18.7 Å². The van der Waals surface area contributed by atoms with Gasteiger partial charge in [-0.15, -0.1) is 22.5 Å². The molecular formula is C11H18N4S. The summed E-state index contributed by atoms with van der Waals surface area (Å²) in [5.74, 6) is 4.48. The highest BCUT2D eigenvalue weighted by Gasteiger charge is 2.09. The second-order valence-corrected chi connectivity index (χ2v) is 4.47. The quantitative estimate of drug-likeness (QED) is 0.446. The highest BCUT2D eigenvalue weighted by atomic mass is 32.2. The van der Waals surface area contributed by atoms with Crippen molar-refractivity contribution < 1.29 is 0 Å². The van der Waals surface area contributed by atoms with Gasteiger partial charge in [-0.1, -0.05) is 18.7 Å². The summed E-state index contributed by atoms with van der Waals surface area (Å²) in [5, 5.41) is 9.18. The van der Waals surface area contributed by atoms with E-state index >= 15 is 0 Å². The molecule has 1 aromatic rings. The Morgan fingerprint density at radius 3 is 2.94 bits per heavy atom. The molecule has 0 aliphatic rings. The van der Waals surface area contributed by atoms with E-state index in [0.29, 0.717) is 6.54 Å². The van der Waals surface area contributed by atoms with Crippen LogP contribution in [0, 0.1) is 12.3 Å². The van der Waals surface area contributed by atoms with E-state index in [-0.39, 0.29) is 0 Å². The van der Waals surface area contributed by atoms with E-state index in [1.807, 2.05) is 0 Å². The summed E-state index contributed by atoms with van der Waals surface area (Å²) >= 11 is 1.70. The Kier molecular flexibility index (Phi) is 5.98. The predicted molar refractivity (Wildman–Crippen MR) is 67.0 cm³/mol. The Labute approximate surface area is 101 Å². The molecule has 2 N–H and O–H groups in total. The molecule has 5 heteroatoms. The number of hydrogen-bond acceptors (Lipinski definition) is 4. The highest BCUT2D eigenvalue weighted by Crippen LogP contribution is 2.18. The van der Waals surface area contributed by atoms with Crippen molar-refractivity contribution >= 4 is 11.8 Å². The van der Waals surface area contributed by atoms with Crippen molar-refractivity contribution in [2.24, 2.45) is 5.73 Å². The summed E-state index contributed by atoms with van der Waals surface area (Å²) in [7, 11) is 0. The van der Waals surface area contributed by atoms with Gasteiger partial charge >= 0.3 is 0 Å². The molecule has 4 nitrogen and oxygen atoms in total. The SMILES string of the molecule is C#CCCCSc1nnc(CN)n1CCC. The van der Waals surface area contributed by atoms with Crippen LogP contribution >= 0.6 is 11.8 Å². The molecule has 0 aliphatic carbocycles. The smallest absolute Gasteiger partial charge is 0.191 e. The number of terminal acetylenes is 1. The summed E-state index contributed by atoms with van der Waals surface area (Å²) in [6.45, 7) is 3.50. The fourth-order valence-electron chi connectivity index (χ4n) is 1.36. The Morgan fingerprint density at radius 1 is 1.50 bits per heavy atom. The molecule has 0 spiro atoms. The van der Waals surface area contributed by atoms with Gasteiger partial charge in [0.15, 0.2) is 5.16 Å². The lowest BCUT2D eigenvalue weighted by atomic mass is 10.4. The molecule has 0 atom stereocenters. The van der Waals surface area contributed by atoms with Crippen LogP contribution in [0.1, 0.15) is 32.0 Å². The van der Waals surface area contributed by atoms with Gasteiger partial charge in [0.2, 0.25) is 0 Å². The van der Waals surface area contributed by atoms with E-state index in [0.717, 1.165) is 42.5 Å².